The minimum absolute atomic E-state index is 0.00615. The van der Waals surface area contributed by atoms with Crippen LogP contribution in [-0.4, -0.2) is 28.8 Å². The van der Waals surface area contributed by atoms with E-state index in [0.717, 1.165) is 0 Å². The maximum Gasteiger partial charge on any atom is 0.396 e. The Bertz CT molecular complexity index is 363. The number of hydrogen-bond donors (Lipinski definition) is 2. The van der Waals surface area contributed by atoms with Crippen molar-refractivity contribution in [3.63, 3.8) is 0 Å². The van der Waals surface area contributed by atoms with Crippen molar-refractivity contribution in [2.45, 2.75) is 19.1 Å². The number of hydrogen-bond acceptors (Lipinski definition) is 5. The lowest BCUT2D eigenvalue weighted by molar-refractivity contribution is -0.128. The van der Waals surface area contributed by atoms with Gasteiger partial charge in [-0.1, -0.05) is 5.16 Å². The Morgan fingerprint density at radius 2 is 2.19 bits per heavy atom. The average molecular weight is 238 g/mol. The number of carbonyl (C=O) groups is 1. The van der Waals surface area contributed by atoms with Gasteiger partial charge in [0.15, 0.2) is 5.82 Å². The van der Waals surface area contributed by atoms with Crippen LogP contribution in [0, 0.1) is 0 Å². The van der Waals surface area contributed by atoms with E-state index in [0.29, 0.717) is 0 Å². The quantitative estimate of drug-likeness (QED) is 0.737. The first-order valence-corrected chi connectivity index (χ1v) is 4.24. The highest BCUT2D eigenvalue weighted by molar-refractivity contribution is 5.75. The normalized spacial score (nSPS) is 11.7. The molecule has 0 radical (unpaired) electrons. The van der Waals surface area contributed by atoms with Gasteiger partial charge >= 0.3 is 6.18 Å². The summed E-state index contributed by atoms with van der Waals surface area (Å²) in [4.78, 5) is 13.8. The number of halogens is 3. The molecule has 1 aromatic heterocycles. The van der Waals surface area contributed by atoms with Gasteiger partial charge in [-0.15, -0.1) is 0 Å². The number of carbonyl (C=O) groups excluding carboxylic acids is 1. The molecule has 0 aliphatic carbocycles. The summed E-state index contributed by atoms with van der Waals surface area (Å²) in [5.41, 5.74) is 4.83. The van der Waals surface area contributed by atoms with E-state index in [2.05, 4.69) is 20.0 Å². The van der Waals surface area contributed by atoms with Gasteiger partial charge in [0.1, 0.15) is 6.42 Å². The summed E-state index contributed by atoms with van der Waals surface area (Å²) in [6.07, 6.45) is -5.62. The monoisotopic (exact) mass is 238 g/mol. The number of nitrogens with zero attached hydrogens (tertiary/aromatic N) is 2. The molecule has 0 spiro atoms. The van der Waals surface area contributed by atoms with Crippen LogP contribution in [0.5, 0.6) is 0 Å². The molecule has 0 saturated carbocycles. The molecule has 0 fully saturated rings. The maximum atomic E-state index is 11.9. The number of primary amides is 1. The van der Waals surface area contributed by atoms with Crippen molar-refractivity contribution in [2.75, 3.05) is 6.54 Å². The lowest BCUT2D eigenvalue weighted by Crippen LogP contribution is -2.28. The summed E-state index contributed by atoms with van der Waals surface area (Å²) in [5.74, 6) is -1.06. The number of alkyl halides is 3. The van der Waals surface area contributed by atoms with Crippen LogP contribution in [0.15, 0.2) is 4.52 Å². The summed E-state index contributed by atoms with van der Waals surface area (Å²) in [6, 6.07) is 0. The molecular formula is C7H9F3N4O2. The lowest BCUT2D eigenvalue weighted by Gasteiger charge is -1.99. The summed E-state index contributed by atoms with van der Waals surface area (Å²) >= 11 is 0. The third-order valence-electron chi connectivity index (χ3n) is 1.44. The van der Waals surface area contributed by atoms with Gasteiger partial charge in [0.25, 0.3) is 0 Å². The largest absolute Gasteiger partial charge is 0.396 e. The number of nitrogens with one attached hydrogen (secondary N) is 1. The number of nitrogens with two attached hydrogens (primary N) is 1. The number of amides is 1. The van der Waals surface area contributed by atoms with E-state index in [1.165, 1.54) is 0 Å². The van der Waals surface area contributed by atoms with Gasteiger partial charge in [0, 0.05) is 0 Å². The molecule has 1 rings (SSSR count). The van der Waals surface area contributed by atoms with Crippen molar-refractivity contribution in [1.29, 1.82) is 0 Å². The predicted octanol–water partition coefficient (Wildman–Crippen LogP) is -0.251. The fraction of sp³-hybridized carbons (Fsp3) is 0.571. The maximum absolute atomic E-state index is 11.9. The molecule has 0 atom stereocenters. The summed E-state index contributed by atoms with van der Waals surface area (Å²) < 4.78 is 40.2. The van der Waals surface area contributed by atoms with E-state index in [-0.39, 0.29) is 19.0 Å². The van der Waals surface area contributed by atoms with Crippen molar-refractivity contribution < 1.29 is 22.5 Å². The highest BCUT2D eigenvalue weighted by Gasteiger charge is 2.30. The van der Waals surface area contributed by atoms with Gasteiger partial charge in [-0.3, -0.25) is 10.1 Å². The molecule has 90 valence electrons. The van der Waals surface area contributed by atoms with Crippen molar-refractivity contribution in [1.82, 2.24) is 15.5 Å². The van der Waals surface area contributed by atoms with Crippen LogP contribution in [0.3, 0.4) is 0 Å². The Morgan fingerprint density at radius 1 is 1.50 bits per heavy atom. The Kier molecular flexibility index (Phi) is 3.82. The molecule has 0 saturated heterocycles. The smallest absolute Gasteiger partial charge is 0.369 e. The van der Waals surface area contributed by atoms with E-state index in [4.69, 9.17) is 5.73 Å². The molecule has 3 N–H and O–H groups in total. The molecule has 6 nitrogen and oxygen atoms in total. The fourth-order valence-corrected chi connectivity index (χ4v) is 0.906. The molecular weight excluding hydrogens is 229 g/mol. The third-order valence-corrected chi connectivity index (χ3v) is 1.44. The Labute approximate surface area is 88.0 Å². The van der Waals surface area contributed by atoms with Crippen molar-refractivity contribution in [2.24, 2.45) is 5.73 Å². The van der Waals surface area contributed by atoms with Crippen molar-refractivity contribution in [3.8, 4) is 0 Å². The zero-order valence-electron chi connectivity index (χ0n) is 8.04. The fourth-order valence-electron chi connectivity index (χ4n) is 0.906. The highest BCUT2D eigenvalue weighted by Crippen LogP contribution is 2.19. The lowest BCUT2D eigenvalue weighted by atomic mass is 10.4. The zero-order valence-corrected chi connectivity index (χ0v) is 8.04. The van der Waals surface area contributed by atoms with Crippen LogP contribution < -0.4 is 11.1 Å². The second-order valence-electron chi connectivity index (χ2n) is 2.97. The van der Waals surface area contributed by atoms with Crippen LogP contribution in [-0.2, 0) is 17.8 Å². The SMILES string of the molecule is NC(=O)CNCc1nc(CC(F)(F)F)no1. The van der Waals surface area contributed by atoms with Crippen LogP contribution in [0.25, 0.3) is 0 Å². The molecule has 0 aliphatic heterocycles. The molecule has 1 aromatic rings. The van der Waals surface area contributed by atoms with Gasteiger partial charge in [0.05, 0.1) is 13.1 Å². The second-order valence-corrected chi connectivity index (χ2v) is 2.97. The number of aromatic nitrogens is 2. The molecule has 0 aliphatic rings. The Hall–Kier alpha value is -1.64. The molecule has 0 bridgehead atoms. The minimum Gasteiger partial charge on any atom is -0.369 e. The summed E-state index contributed by atoms with van der Waals surface area (Å²) in [5, 5.41) is 5.66. The molecule has 0 aromatic carbocycles. The molecule has 1 amide bonds. The van der Waals surface area contributed by atoms with Crippen LogP contribution in [0.1, 0.15) is 11.7 Å². The van der Waals surface area contributed by atoms with Crippen molar-refractivity contribution in [3.05, 3.63) is 11.7 Å². The van der Waals surface area contributed by atoms with Crippen LogP contribution >= 0.6 is 0 Å². The summed E-state index contributed by atoms with van der Waals surface area (Å²) in [6.45, 7) is -0.120. The van der Waals surface area contributed by atoms with E-state index in [1.807, 2.05) is 0 Å². The van der Waals surface area contributed by atoms with E-state index in [9.17, 15) is 18.0 Å². The van der Waals surface area contributed by atoms with Gasteiger partial charge in [-0.2, -0.15) is 18.2 Å². The first-order valence-electron chi connectivity index (χ1n) is 4.24. The standard InChI is InChI=1S/C7H9F3N4O2/c8-7(9,10)1-5-13-6(16-14-5)3-12-2-4(11)15/h12H,1-3H2,(H2,11,15). The summed E-state index contributed by atoms with van der Waals surface area (Å²) in [7, 11) is 0. The van der Waals surface area contributed by atoms with E-state index >= 15 is 0 Å². The van der Waals surface area contributed by atoms with Gasteiger partial charge in [-0.05, 0) is 0 Å². The third kappa shape index (κ3) is 4.73. The van der Waals surface area contributed by atoms with E-state index < -0.39 is 24.3 Å². The van der Waals surface area contributed by atoms with Crippen LogP contribution in [0.2, 0.25) is 0 Å². The Balaban J connectivity index is 2.42. The van der Waals surface area contributed by atoms with Gasteiger partial charge in [0.2, 0.25) is 11.8 Å². The van der Waals surface area contributed by atoms with Crippen molar-refractivity contribution >= 4 is 5.91 Å². The van der Waals surface area contributed by atoms with Crippen LogP contribution in [0.4, 0.5) is 13.2 Å². The second kappa shape index (κ2) is 4.92. The minimum atomic E-state index is -4.37. The predicted molar refractivity (Wildman–Crippen MR) is 45.0 cm³/mol. The average Bonchev–Trinajstić information content (AvgIpc) is 2.48. The first-order chi connectivity index (χ1) is 7.37. The number of rotatable bonds is 5. The zero-order chi connectivity index (χ0) is 12.2. The van der Waals surface area contributed by atoms with Gasteiger partial charge < -0.3 is 10.3 Å². The first kappa shape index (κ1) is 12.4. The highest BCUT2D eigenvalue weighted by atomic mass is 19.4. The topological polar surface area (TPSA) is 94.0 Å². The van der Waals surface area contributed by atoms with E-state index in [1.54, 1.807) is 0 Å². The molecule has 9 heteroatoms. The Morgan fingerprint density at radius 3 is 2.75 bits per heavy atom. The molecule has 16 heavy (non-hydrogen) atoms. The molecule has 0 unspecified atom stereocenters. The van der Waals surface area contributed by atoms with Gasteiger partial charge in [-0.25, -0.2) is 0 Å². The molecule has 1 heterocycles.